The van der Waals surface area contributed by atoms with E-state index in [1.165, 1.54) is 0 Å². The van der Waals surface area contributed by atoms with Crippen LogP contribution in [-0.2, 0) is 0 Å². The Morgan fingerprint density at radius 1 is 1.22 bits per heavy atom. The lowest BCUT2D eigenvalue weighted by Gasteiger charge is -2.14. The number of nitrogens with one attached hydrogen (secondary N) is 1. The molecule has 0 amide bonds. The molecule has 0 aromatic heterocycles. The van der Waals surface area contributed by atoms with Gasteiger partial charge in [-0.15, -0.1) is 11.8 Å². The highest BCUT2D eigenvalue weighted by atomic mass is 32.2. The highest BCUT2D eigenvalue weighted by Gasteiger charge is 2.19. The first-order valence-corrected chi connectivity index (χ1v) is 10.8. The Morgan fingerprint density at radius 2 is 1.89 bits per heavy atom. The third-order valence-electron chi connectivity index (χ3n) is 2.73. The van der Waals surface area contributed by atoms with E-state index in [9.17, 15) is 4.79 Å². The van der Waals surface area contributed by atoms with Gasteiger partial charge in [0.2, 0.25) is 0 Å². The number of aromatic nitrogens is 1. The van der Waals surface area contributed by atoms with Crippen LogP contribution in [0.5, 0.6) is 0 Å². The molecule has 18 heavy (non-hydrogen) atoms. The van der Waals surface area contributed by atoms with Crippen LogP contribution in [0.25, 0.3) is 11.1 Å². The van der Waals surface area contributed by atoms with Gasteiger partial charge in [0.05, 0.1) is 13.1 Å². The average molecular weight is 277 g/mol. The SMILES string of the molecule is Cc1ccccc2c(=O)[nH]c(SC[Si](C)(C)C)c1-2. The summed E-state index contributed by atoms with van der Waals surface area (Å²) in [4.78, 5) is 15.0. The molecule has 0 bridgehead atoms. The van der Waals surface area contributed by atoms with Gasteiger partial charge in [-0.25, -0.2) is 0 Å². The summed E-state index contributed by atoms with van der Waals surface area (Å²) in [5.74, 6) is 0. The number of hydrogen-bond acceptors (Lipinski definition) is 2. The summed E-state index contributed by atoms with van der Waals surface area (Å²) >= 11 is 1.79. The van der Waals surface area contributed by atoms with Crippen LogP contribution in [-0.4, -0.2) is 18.4 Å². The maximum atomic E-state index is 12.0. The molecule has 0 saturated carbocycles. The smallest absolute Gasteiger partial charge is 0.256 e. The van der Waals surface area contributed by atoms with Gasteiger partial charge in [-0.2, -0.15) is 0 Å². The first-order chi connectivity index (χ1) is 8.38. The lowest BCUT2D eigenvalue weighted by Crippen LogP contribution is -2.23. The second kappa shape index (κ2) is 4.94. The third kappa shape index (κ3) is 2.87. The quantitative estimate of drug-likeness (QED) is 0.684. The lowest BCUT2D eigenvalue weighted by molar-refractivity contribution is 1.16. The molecule has 1 heterocycles. The monoisotopic (exact) mass is 277 g/mol. The number of H-pyrrole nitrogens is 1. The van der Waals surface area contributed by atoms with Gasteiger partial charge in [-0.3, -0.25) is 4.79 Å². The zero-order valence-electron chi connectivity index (χ0n) is 11.3. The van der Waals surface area contributed by atoms with Crippen LogP contribution in [0.1, 0.15) is 5.56 Å². The zero-order chi connectivity index (χ0) is 13.3. The molecule has 1 aliphatic heterocycles. The second-order valence-electron chi connectivity index (χ2n) is 5.82. The third-order valence-corrected chi connectivity index (χ3v) is 7.37. The van der Waals surface area contributed by atoms with E-state index >= 15 is 0 Å². The fraction of sp³-hybridized carbons (Fsp3) is 0.357. The van der Waals surface area contributed by atoms with Crippen molar-refractivity contribution in [3.8, 4) is 11.1 Å². The van der Waals surface area contributed by atoms with E-state index in [4.69, 9.17) is 0 Å². The van der Waals surface area contributed by atoms with Crippen molar-refractivity contribution >= 4 is 19.8 Å². The van der Waals surface area contributed by atoms with Gasteiger partial charge < -0.3 is 4.98 Å². The molecule has 2 nitrogen and oxygen atoms in total. The molecule has 1 aliphatic carbocycles. The van der Waals surface area contributed by atoms with E-state index in [-0.39, 0.29) is 5.56 Å². The van der Waals surface area contributed by atoms with E-state index in [2.05, 4.69) is 37.6 Å². The van der Waals surface area contributed by atoms with E-state index < -0.39 is 8.07 Å². The first kappa shape index (κ1) is 13.4. The normalized spacial score (nSPS) is 12.0. The minimum Gasteiger partial charge on any atom is -0.316 e. The highest BCUT2D eigenvalue weighted by Crippen LogP contribution is 2.32. The number of hydrogen-bond donors (Lipinski definition) is 1. The fourth-order valence-corrected chi connectivity index (χ4v) is 4.74. The van der Waals surface area contributed by atoms with E-state index in [0.717, 1.165) is 27.1 Å². The number of thioether (sulfide) groups is 1. The summed E-state index contributed by atoms with van der Waals surface area (Å²) in [6.45, 7) is 9.09. The van der Waals surface area contributed by atoms with Gasteiger partial charge in [-0.05, 0) is 23.9 Å². The Bertz CT molecular complexity index is 585. The zero-order valence-corrected chi connectivity index (χ0v) is 13.1. The van der Waals surface area contributed by atoms with Crippen molar-refractivity contribution in [1.82, 2.24) is 4.98 Å². The summed E-state index contributed by atoms with van der Waals surface area (Å²) in [6, 6.07) is 7.88. The van der Waals surface area contributed by atoms with Gasteiger partial charge >= 0.3 is 0 Å². The molecule has 0 fully saturated rings. The minimum atomic E-state index is -1.11. The van der Waals surface area contributed by atoms with E-state index in [0.29, 0.717) is 0 Å². The van der Waals surface area contributed by atoms with Crippen molar-refractivity contribution < 1.29 is 0 Å². The molecule has 0 aromatic carbocycles. The first-order valence-electron chi connectivity index (χ1n) is 6.13. The Kier molecular flexibility index (Phi) is 3.68. The summed E-state index contributed by atoms with van der Waals surface area (Å²) in [5, 5.41) is 2.16. The fourth-order valence-electron chi connectivity index (χ4n) is 1.85. The second-order valence-corrected chi connectivity index (χ2v) is 12.8. The van der Waals surface area contributed by atoms with Gasteiger partial charge in [0.1, 0.15) is 0 Å². The number of fused-ring (bicyclic) bond motifs is 1. The van der Waals surface area contributed by atoms with Gasteiger partial charge in [-0.1, -0.05) is 37.8 Å². The minimum absolute atomic E-state index is 0.0300. The van der Waals surface area contributed by atoms with Crippen LogP contribution >= 0.6 is 11.8 Å². The summed E-state index contributed by atoms with van der Waals surface area (Å²) in [6.07, 6.45) is 0. The van der Waals surface area contributed by atoms with Crippen molar-refractivity contribution in [2.24, 2.45) is 0 Å². The Hall–Kier alpha value is -1.00. The predicted octanol–water partition coefficient (Wildman–Crippen LogP) is 3.76. The summed E-state index contributed by atoms with van der Waals surface area (Å²) in [7, 11) is -1.11. The molecule has 2 rings (SSSR count). The molecule has 2 aliphatic rings. The lowest BCUT2D eigenvalue weighted by atomic mass is 10.1. The molecule has 0 aromatic rings. The number of aryl methyl sites for hydroxylation is 1. The van der Waals surface area contributed by atoms with Crippen molar-refractivity contribution in [1.29, 1.82) is 0 Å². The van der Waals surface area contributed by atoms with Gasteiger partial charge in [0.25, 0.3) is 5.56 Å². The molecule has 96 valence electrons. The summed E-state index contributed by atoms with van der Waals surface area (Å²) < 4.78 is 0. The molecule has 0 unspecified atom stereocenters. The van der Waals surface area contributed by atoms with Crippen molar-refractivity contribution in [2.45, 2.75) is 31.6 Å². The van der Waals surface area contributed by atoms with Gasteiger partial charge in [0.15, 0.2) is 0 Å². The molecular weight excluding hydrogens is 258 g/mol. The largest absolute Gasteiger partial charge is 0.316 e. The molecule has 0 radical (unpaired) electrons. The average Bonchev–Trinajstić information content (AvgIpc) is 2.43. The Labute approximate surface area is 113 Å². The molecular formula is C14H19NOSSi. The van der Waals surface area contributed by atoms with Crippen molar-refractivity contribution in [2.75, 3.05) is 5.38 Å². The molecule has 1 N–H and O–H groups in total. The molecule has 0 spiro atoms. The van der Waals surface area contributed by atoms with Crippen LogP contribution < -0.4 is 5.56 Å². The molecule has 0 atom stereocenters. The maximum absolute atomic E-state index is 12.0. The van der Waals surface area contributed by atoms with Crippen LogP contribution in [0.2, 0.25) is 19.6 Å². The van der Waals surface area contributed by atoms with E-state index in [1.807, 2.05) is 18.2 Å². The Morgan fingerprint density at radius 3 is 2.56 bits per heavy atom. The van der Waals surface area contributed by atoms with Gasteiger partial charge in [0, 0.05) is 11.1 Å². The maximum Gasteiger partial charge on any atom is 0.256 e. The van der Waals surface area contributed by atoms with Crippen LogP contribution in [0, 0.1) is 6.92 Å². The standard InChI is InChI=1S/C14H19NOSSi/c1-10-7-5-6-8-11-12(10)14(15-13(11)16)17-9-18(2,3)4/h5-8H,9H2,1-4H3,(H,15,16). The Balaban J connectivity index is 2.45. The molecule has 4 heteroatoms. The number of aromatic amines is 1. The predicted molar refractivity (Wildman–Crippen MR) is 82.5 cm³/mol. The topological polar surface area (TPSA) is 32.9 Å². The van der Waals surface area contributed by atoms with Crippen LogP contribution in [0.3, 0.4) is 0 Å². The van der Waals surface area contributed by atoms with Crippen LogP contribution in [0.15, 0.2) is 34.1 Å². The summed E-state index contributed by atoms with van der Waals surface area (Å²) in [5.41, 5.74) is 3.08. The highest BCUT2D eigenvalue weighted by molar-refractivity contribution is 8.01. The molecule has 0 saturated heterocycles. The van der Waals surface area contributed by atoms with Crippen molar-refractivity contribution in [3.63, 3.8) is 0 Å². The van der Waals surface area contributed by atoms with Crippen molar-refractivity contribution in [3.05, 3.63) is 40.2 Å². The number of rotatable bonds is 3. The van der Waals surface area contributed by atoms with E-state index in [1.54, 1.807) is 11.8 Å². The van der Waals surface area contributed by atoms with Crippen LogP contribution in [0.4, 0.5) is 0 Å².